The molecule has 2 aliphatic carbocycles. The second-order valence-corrected chi connectivity index (χ2v) is 7.05. The van der Waals surface area contributed by atoms with E-state index in [0.717, 1.165) is 16.6 Å². The van der Waals surface area contributed by atoms with E-state index in [1.165, 1.54) is 50.5 Å². The topological polar surface area (TPSA) is 12.0 Å². The van der Waals surface area contributed by atoms with E-state index in [1.54, 1.807) is 6.07 Å². The molecule has 0 aliphatic heterocycles. The van der Waals surface area contributed by atoms with E-state index >= 15 is 0 Å². The molecule has 104 valence electrons. The maximum Gasteiger partial charge on any atom is 0.0424 e. The number of rotatable bonds is 3. The van der Waals surface area contributed by atoms with Crippen molar-refractivity contribution in [3.8, 4) is 0 Å². The molecule has 3 heteroatoms. The SMILES string of the molecule is Clc1cc(Cl)cc(CN[C@H]2CCC23CCCCC3)c1. The Morgan fingerprint density at radius 2 is 1.68 bits per heavy atom. The molecule has 1 aromatic rings. The first kappa shape index (κ1) is 13.7. The zero-order chi connectivity index (χ0) is 13.3. The highest BCUT2D eigenvalue weighted by Gasteiger charge is 2.46. The van der Waals surface area contributed by atoms with Crippen molar-refractivity contribution < 1.29 is 0 Å². The first-order valence-corrected chi connectivity index (χ1v) is 8.12. The van der Waals surface area contributed by atoms with Gasteiger partial charge >= 0.3 is 0 Å². The van der Waals surface area contributed by atoms with Crippen molar-refractivity contribution in [2.45, 2.75) is 57.5 Å². The van der Waals surface area contributed by atoms with Gasteiger partial charge in [0.1, 0.15) is 0 Å². The van der Waals surface area contributed by atoms with Crippen molar-refractivity contribution >= 4 is 23.2 Å². The van der Waals surface area contributed by atoms with E-state index in [1.807, 2.05) is 12.1 Å². The average Bonchev–Trinajstić information content (AvgIpc) is 2.37. The van der Waals surface area contributed by atoms with Crippen LogP contribution in [-0.4, -0.2) is 6.04 Å². The maximum absolute atomic E-state index is 6.04. The fourth-order valence-electron chi connectivity index (χ4n) is 3.82. The highest BCUT2D eigenvalue weighted by atomic mass is 35.5. The van der Waals surface area contributed by atoms with Crippen LogP contribution in [0.15, 0.2) is 18.2 Å². The first-order chi connectivity index (χ1) is 9.18. The molecule has 0 aromatic heterocycles. The second kappa shape index (κ2) is 5.63. The van der Waals surface area contributed by atoms with Crippen LogP contribution < -0.4 is 5.32 Å². The Balaban J connectivity index is 1.60. The van der Waals surface area contributed by atoms with Gasteiger partial charge < -0.3 is 5.32 Å². The zero-order valence-corrected chi connectivity index (χ0v) is 12.7. The van der Waals surface area contributed by atoms with E-state index in [2.05, 4.69) is 5.32 Å². The molecular formula is C16H21Cl2N. The van der Waals surface area contributed by atoms with Crippen molar-refractivity contribution in [3.63, 3.8) is 0 Å². The predicted octanol–water partition coefficient (Wildman–Crippen LogP) is 5.20. The van der Waals surface area contributed by atoms with Crippen molar-refractivity contribution in [1.29, 1.82) is 0 Å². The van der Waals surface area contributed by atoms with Gasteiger partial charge in [-0.3, -0.25) is 0 Å². The Morgan fingerprint density at radius 1 is 1.00 bits per heavy atom. The van der Waals surface area contributed by atoms with Gasteiger partial charge in [-0.25, -0.2) is 0 Å². The molecule has 1 spiro atoms. The summed E-state index contributed by atoms with van der Waals surface area (Å²) >= 11 is 12.1. The Bertz CT molecular complexity index is 432. The second-order valence-electron chi connectivity index (χ2n) is 6.17. The summed E-state index contributed by atoms with van der Waals surface area (Å²) in [7, 11) is 0. The molecule has 0 saturated heterocycles. The molecule has 0 radical (unpaired) electrons. The fraction of sp³-hybridized carbons (Fsp3) is 0.625. The van der Waals surface area contributed by atoms with Crippen LogP contribution in [0, 0.1) is 5.41 Å². The lowest BCUT2D eigenvalue weighted by atomic mass is 9.57. The van der Waals surface area contributed by atoms with Crippen LogP contribution in [-0.2, 0) is 6.54 Å². The molecule has 0 unspecified atom stereocenters. The van der Waals surface area contributed by atoms with E-state index in [9.17, 15) is 0 Å². The summed E-state index contributed by atoms with van der Waals surface area (Å²) in [5.74, 6) is 0. The van der Waals surface area contributed by atoms with Gasteiger partial charge in [0, 0.05) is 22.6 Å². The summed E-state index contributed by atoms with van der Waals surface area (Å²) < 4.78 is 0. The highest BCUT2D eigenvalue weighted by Crippen LogP contribution is 2.51. The van der Waals surface area contributed by atoms with Gasteiger partial charge in [-0.15, -0.1) is 0 Å². The predicted molar refractivity (Wildman–Crippen MR) is 81.8 cm³/mol. The molecule has 1 aromatic carbocycles. The van der Waals surface area contributed by atoms with E-state index in [-0.39, 0.29) is 0 Å². The molecule has 0 amide bonds. The van der Waals surface area contributed by atoms with Gasteiger partial charge in [0.05, 0.1) is 0 Å². The van der Waals surface area contributed by atoms with Crippen LogP contribution in [0.1, 0.15) is 50.5 Å². The summed E-state index contributed by atoms with van der Waals surface area (Å²) in [4.78, 5) is 0. The summed E-state index contributed by atoms with van der Waals surface area (Å²) in [6.07, 6.45) is 9.85. The highest BCUT2D eigenvalue weighted by molar-refractivity contribution is 6.34. The Kier molecular flexibility index (Phi) is 4.07. The van der Waals surface area contributed by atoms with Crippen molar-refractivity contribution in [2.75, 3.05) is 0 Å². The minimum absolute atomic E-state index is 0.612. The molecule has 0 heterocycles. The largest absolute Gasteiger partial charge is 0.309 e. The molecular weight excluding hydrogens is 277 g/mol. The average molecular weight is 298 g/mol. The monoisotopic (exact) mass is 297 g/mol. The van der Waals surface area contributed by atoms with Crippen molar-refractivity contribution in [2.24, 2.45) is 5.41 Å². The molecule has 0 bridgehead atoms. The lowest BCUT2D eigenvalue weighted by molar-refractivity contribution is 0.0221. The number of halogens is 2. The number of benzene rings is 1. The third kappa shape index (κ3) is 2.94. The molecule has 1 N–H and O–H groups in total. The number of hydrogen-bond acceptors (Lipinski definition) is 1. The van der Waals surface area contributed by atoms with Gasteiger partial charge in [-0.05, 0) is 54.9 Å². The van der Waals surface area contributed by atoms with E-state index < -0.39 is 0 Å². The first-order valence-electron chi connectivity index (χ1n) is 7.36. The molecule has 1 nitrogen and oxygen atoms in total. The third-order valence-corrected chi connectivity index (χ3v) is 5.43. The molecule has 19 heavy (non-hydrogen) atoms. The summed E-state index contributed by atoms with van der Waals surface area (Å²) in [5, 5.41) is 5.19. The quantitative estimate of drug-likeness (QED) is 0.809. The zero-order valence-electron chi connectivity index (χ0n) is 11.2. The Morgan fingerprint density at radius 3 is 2.26 bits per heavy atom. The van der Waals surface area contributed by atoms with Crippen LogP contribution in [0.5, 0.6) is 0 Å². The van der Waals surface area contributed by atoms with Crippen LogP contribution in [0.3, 0.4) is 0 Å². The van der Waals surface area contributed by atoms with Crippen molar-refractivity contribution in [3.05, 3.63) is 33.8 Å². The van der Waals surface area contributed by atoms with Crippen LogP contribution in [0.25, 0.3) is 0 Å². The van der Waals surface area contributed by atoms with Crippen molar-refractivity contribution in [1.82, 2.24) is 5.32 Å². The van der Waals surface area contributed by atoms with Crippen LogP contribution >= 0.6 is 23.2 Å². The lowest BCUT2D eigenvalue weighted by Gasteiger charge is -2.52. The normalized spacial score (nSPS) is 25.3. The lowest BCUT2D eigenvalue weighted by Crippen LogP contribution is -2.53. The van der Waals surface area contributed by atoms with Gasteiger partial charge in [0.25, 0.3) is 0 Å². The molecule has 3 rings (SSSR count). The Labute approximate surface area is 125 Å². The fourth-order valence-corrected chi connectivity index (χ4v) is 4.40. The summed E-state index contributed by atoms with van der Waals surface area (Å²) in [6, 6.07) is 6.50. The smallest absolute Gasteiger partial charge is 0.0424 e. The third-order valence-electron chi connectivity index (χ3n) is 4.99. The minimum Gasteiger partial charge on any atom is -0.309 e. The van der Waals surface area contributed by atoms with E-state index in [0.29, 0.717) is 11.5 Å². The maximum atomic E-state index is 6.04. The summed E-state index contributed by atoms with van der Waals surface area (Å²) in [5.41, 5.74) is 1.80. The van der Waals surface area contributed by atoms with E-state index in [4.69, 9.17) is 23.2 Å². The number of nitrogens with one attached hydrogen (secondary N) is 1. The van der Waals surface area contributed by atoms with Gasteiger partial charge in [-0.2, -0.15) is 0 Å². The van der Waals surface area contributed by atoms with Gasteiger partial charge in [0.2, 0.25) is 0 Å². The number of hydrogen-bond donors (Lipinski definition) is 1. The van der Waals surface area contributed by atoms with Gasteiger partial charge in [-0.1, -0.05) is 42.5 Å². The molecule has 2 saturated carbocycles. The molecule has 2 fully saturated rings. The summed E-state index contributed by atoms with van der Waals surface area (Å²) in [6.45, 7) is 0.882. The van der Waals surface area contributed by atoms with Crippen LogP contribution in [0.4, 0.5) is 0 Å². The van der Waals surface area contributed by atoms with Gasteiger partial charge in [0.15, 0.2) is 0 Å². The molecule has 1 atom stereocenters. The molecule has 2 aliphatic rings. The Hall–Kier alpha value is -0.240. The standard InChI is InChI=1S/C16H21Cl2N/c17-13-8-12(9-14(18)10-13)11-19-15-4-7-16(15)5-2-1-3-6-16/h8-10,15,19H,1-7,11H2/t15-/m0/s1. The minimum atomic E-state index is 0.612. The van der Waals surface area contributed by atoms with Crippen LogP contribution in [0.2, 0.25) is 10.0 Å².